The summed E-state index contributed by atoms with van der Waals surface area (Å²) in [6.45, 7) is 1.55. The van der Waals surface area contributed by atoms with Crippen LogP contribution < -0.4 is 5.32 Å². The van der Waals surface area contributed by atoms with Crippen LogP contribution in [0, 0.1) is 0 Å². The molecule has 0 saturated carbocycles. The quantitative estimate of drug-likeness (QED) is 0.681. The van der Waals surface area contributed by atoms with Gasteiger partial charge in [-0.3, -0.25) is 4.68 Å². The molecule has 0 aliphatic carbocycles. The minimum atomic E-state index is 0.0987. The highest BCUT2D eigenvalue weighted by Crippen LogP contribution is 2.13. The maximum Gasteiger partial charge on any atom is 0.0640 e. The van der Waals surface area contributed by atoms with E-state index in [0.717, 1.165) is 24.1 Å². The van der Waals surface area contributed by atoms with Crippen molar-refractivity contribution in [2.45, 2.75) is 25.9 Å². The highest BCUT2D eigenvalue weighted by atomic mass is 16.3. The van der Waals surface area contributed by atoms with Gasteiger partial charge in [0.05, 0.1) is 19.3 Å². The van der Waals surface area contributed by atoms with E-state index in [9.17, 15) is 0 Å². The molecule has 1 aromatic heterocycles. The van der Waals surface area contributed by atoms with Gasteiger partial charge in [-0.25, -0.2) is 0 Å². The predicted molar refractivity (Wildman–Crippen MR) is 78.5 cm³/mol. The largest absolute Gasteiger partial charge is 0.396 e. The van der Waals surface area contributed by atoms with Gasteiger partial charge in [-0.1, -0.05) is 12.1 Å². The molecular formula is C15H21N3O2. The molecule has 0 amide bonds. The topological polar surface area (TPSA) is 70.3 Å². The first kappa shape index (κ1) is 14.6. The first-order valence-electron chi connectivity index (χ1n) is 6.87. The van der Waals surface area contributed by atoms with Gasteiger partial charge in [-0.2, -0.15) is 5.10 Å². The molecule has 2 rings (SSSR count). The van der Waals surface area contributed by atoms with E-state index in [4.69, 9.17) is 10.2 Å². The lowest BCUT2D eigenvalue weighted by Crippen LogP contribution is -2.02. The summed E-state index contributed by atoms with van der Waals surface area (Å²) in [7, 11) is 0. The van der Waals surface area contributed by atoms with E-state index in [1.54, 1.807) is 10.9 Å². The number of hydrogen-bond donors (Lipinski definition) is 3. The zero-order valence-electron chi connectivity index (χ0n) is 11.5. The van der Waals surface area contributed by atoms with E-state index < -0.39 is 0 Å². The second kappa shape index (κ2) is 7.67. The van der Waals surface area contributed by atoms with Crippen molar-refractivity contribution in [2.24, 2.45) is 0 Å². The average Bonchev–Trinajstić information content (AvgIpc) is 2.92. The van der Waals surface area contributed by atoms with Crippen molar-refractivity contribution in [3.8, 4) is 0 Å². The van der Waals surface area contributed by atoms with Crippen LogP contribution in [0.25, 0.3) is 0 Å². The third-order valence-electron chi connectivity index (χ3n) is 3.06. The zero-order chi connectivity index (χ0) is 14.2. The Morgan fingerprint density at radius 3 is 2.85 bits per heavy atom. The Kier molecular flexibility index (Phi) is 5.58. The second-order valence-corrected chi connectivity index (χ2v) is 4.72. The van der Waals surface area contributed by atoms with Crippen LogP contribution in [0.15, 0.2) is 36.7 Å². The van der Waals surface area contributed by atoms with Gasteiger partial charge < -0.3 is 15.5 Å². The van der Waals surface area contributed by atoms with Gasteiger partial charge in [-0.15, -0.1) is 0 Å². The molecule has 0 aliphatic heterocycles. The lowest BCUT2D eigenvalue weighted by molar-refractivity contribution is 0.269. The number of benzene rings is 1. The molecule has 0 unspecified atom stereocenters. The molecule has 1 aromatic carbocycles. The number of aliphatic hydroxyl groups is 2. The molecule has 5 heteroatoms. The summed E-state index contributed by atoms with van der Waals surface area (Å²) in [4.78, 5) is 0. The number of rotatable bonds is 8. The number of anilines is 1. The Morgan fingerprint density at radius 1 is 1.15 bits per heavy atom. The van der Waals surface area contributed by atoms with E-state index in [1.807, 2.05) is 18.3 Å². The number of aromatic nitrogens is 2. The number of nitrogens with one attached hydrogen (secondary N) is 1. The minimum absolute atomic E-state index is 0.0987. The van der Waals surface area contributed by atoms with Gasteiger partial charge in [0.2, 0.25) is 0 Å². The average molecular weight is 275 g/mol. The number of nitrogens with zero attached hydrogens (tertiary/aromatic N) is 2. The summed E-state index contributed by atoms with van der Waals surface area (Å²) < 4.78 is 1.73. The Bertz CT molecular complexity index is 525. The zero-order valence-corrected chi connectivity index (χ0v) is 11.5. The molecule has 0 bridgehead atoms. The first-order valence-corrected chi connectivity index (χ1v) is 6.87. The van der Waals surface area contributed by atoms with Crippen LogP contribution in [0.3, 0.4) is 0 Å². The summed E-state index contributed by atoms with van der Waals surface area (Å²) in [5, 5.41) is 25.2. The van der Waals surface area contributed by atoms with E-state index in [0.29, 0.717) is 13.1 Å². The smallest absolute Gasteiger partial charge is 0.0640 e. The fourth-order valence-corrected chi connectivity index (χ4v) is 2.05. The Morgan fingerprint density at radius 2 is 2.05 bits per heavy atom. The normalized spacial score (nSPS) is 10.7. The van der Waals surface area contributed by atoms with Gasteiger partial charge in [0.15, 0.2) is 0 Å². The molecule has 1 heterocycles. The molecule has 5 nitrogen and oxygen atoms in total. The Hall–Kier alpha value is -1.85. The molecule has 0 fully saturated rings. The molecule has 2 aromatic rings. The van der Waals surface area contributed by atoms with Crippen molar-refractivity contribution in [1.29, 1.82) is 0 Å². The second-order valence-electron chi connectivity index (χ2n) is 4.72. The van der Waals surface area contributed by atoms with Crippen LogP contribution in [0.5, 0.6) is 0 Å². The number of aryl methyl sites for hydroxylation is 1. The predicted octanol–water partition coefficient (Wildman–Crippen LogP) is 1.41. The van der Waals surface area contributed by atoms with E-state index in [-0.39, 0.29) is 13.2 Å². The van der Waals surface area contributed by atoms with E-state index in [1.165, 1.54) is 5.56 Å². The summed E-state index contributed by atoms with van der Waals surface area (Å²) in [6, 6.07) is 8.22. The Balaban J connectivity index is 1.89. The Labute approximate surface area is 118 Å². The fourth-order valence-electron chi connectivity index (χ4n) is 2.05. The van der Waals surface area contributed by atoms with Crippen LogP contribution in [0.4, 0.5) is 5.69 Å². The summed E-state index contributed by atoms with van der Waals surface area (Å²) in [6.07, 6.45) is 5.41. The molecule has 108 valence electrons. The highest BCUT2D eigenvalue weighted by molar-refractivity contribution is 5.46. The van der Waals surface area contributed by atoms with E-state index >= 15 is 0 Å². The molecule has 0 aliphatic rings. The lowest BCUT2D eigenvalue weighted by Gasteiger charge is -2.07. The third kappa shape index (κ3) is 4.36. The molecule has 3 N–H and O–H groups in total. The van der Waals surface area contributed by atoms with Crippen molar-refractivity contribution in [3.63, 3.8) is 0 Å². The van der Waals surface area contributed by atoms with Crippen molar-refractivity contribution in [3.05, 3.63) is 47.8 Å². The summed E-state index contributed by atoms with van der Waals surface area (Å²) in [5.74, 6) is 0. The maximum atomic E-state index is 8.85. The lowest BCUT2D eigenvalue weighted by atomic mass is 10.1. The SMILES string of the molecule is OCCCc1cccc(NCc2cnn(CCO)c2)c1. The van der Waals surface area contributed by atoms with Crippen molar-refractivity contribution in [2.75, 3.05) is 18.5 Å². The van der Waals surface area contributed by atoms with Crippen LogP contribution in [-0.2, 0) is 19.5 Å². The highest BCUT2D eigenvalue weighted by Gasteiger charge is 2.00. The molecular weight excluding hydrogens is 254 g/mol. The van der Waals surface area contributed by atoms with Gasteiger partial charge >= 0.3 is 0 Å². The van der Waals surface area contributed by atoms with Crippen LogP contribution in [-0.4, -0.2) is 33.2 Å². The third-order valence-corrected chi connectivity index (χ3v) is 3.06. The van der Waals surface area contributed by atoms with Gasteiger partial charge in [0.1, 0.15) is 0 Å². The van der Waals surface area contributed by atoms with Gasteiger partial charge in [-0.05, 0) is 30.5 Å². The van der Waals surface area contributed by atoms with Crippen LogP contribution in [0.2, 0.25) is 0 Å². The van der Waals surface area contributed by atoms with E-state index in [2.05, 4.69) is 22.5 Å². The summed E-state index contributed by atoms with van der Waals surface area (Å²) >= 11 is 0. The number of aliphatic hydroxyl groups excluding tert-OH is 2. The molecule has 0 saturated heterocycles. The molecule has 20 heavy (non-hydrogen) atoms. The van der Waals surface area contributed by atoms with Crippen LogP contribution in [0.1, 0.15) is 17.5 Å². The van der Waals surface area contributed by atoms with Crippen molar-refractivity contribution in [1.82, 2.24) is 9.78 Å². The first-order chi connectivity index (χ1) is 9.81. The van der Waals surface area contributed by atoms with Gasteiger partial charge in [0.25, 0.3) is 0 Å². The van der Waals surface area contributed by atoms with Gasteiger partial charge in [0, 0.05) is 30.6 Å². The fraction of sp³-hybridized carbons (Fsp3) is 0.400. The number of hydrogen-bond acceptors (Lipinski definition) is 4. The molecule has 0 radical (unpaired) electrons. The van der Waals surface area contributed by atoms with Crippen LogP contribution >= 0.6 is 0 Å². The van der Waals surface area contributed by atoms with Crippen molar-refractivity contribution >= 4 is 5.69 Å². The maximum absolute atomic E-state index is 8.85. The summed E-state index contributed by atoms with van der Waals surface area (Å²) in [5.41, 5.74) is 3.37. The standard InChI is InChI=1S/C15H21N3O2/c19-7-2-4-13-3-1-5-15(9-13)16-10-14-11-17-18(12-14)6-8-20/h1,3,5,9,11-12,16,19-20H,2,4,6-8,10H2. The molecule has 0 atom stereocenters. The molecule has 0 spiro atoms. The van der Waals surface area contributed by atoms with Crippen molar-refractivity contribution < 1.29 is 10.2 Å². The minimum Gasteiger partial charge on any atom is -0.396 e. The monoisotopic (exact) mass is 275 g/mol.